The van der Waals surface area contributed by atoms with E-state index in [1.807, 2.05) is 24.3 Å². The van der Waals surface area contributed by atoms with Gasteiger partial charge in [-0.05, 0) is 19.1 Å². The summed E-state index contributed by atoms with van der Waals surface area (Å²) in [6, 6.07) is 5.40. The summed E-state index contributed by atoms with van der Waals surface area (Å²) in [6.45, 7) is 3.83. The molecule has 0 fully saturated rings. The molecule has 0 aliphatic heterocycles. The van der Waals surface area contributed by atoms with Crippen molar-refractivity contribution in [3.8, 4) is 0 Å². The van der Waals surface area contributed by atoms with Gasteiger partial charge in [0.25, 0.3) is 10.0 Å². The summed E-state index contributed by atoms with van der Waals surface area (Å²) < 4.78 is 24.6. The molecule has 0 radical (unpaired) electrons. The molecule has 0 amide bonds. The molecule has 0 saturated heterocycles. The predicted molar refractivity (Wildman–Crippen MR) is 60.7 cm³/mol. The second-order valence-electron chi connectivity index (χ2n) is 3.62. The second kappa shape index (κ2) is 3.57. The van der Waals surface area contributed by atoms with Crippen LogP contribution >= 0.6 is 0 Å². The first kappa shape index (κ1) is 11.1. The molecule has 2 N–H and O–H groups in total. The second-order valence-corrected chi connectivity index (χ2v) is 5.10. The lowest BCUT2D eigenvalue weighted by Crippen LogP contribution is -2.13. The normalized spacial score (nSPS) is 12.2. The molecule has 2 heterocycles. The van der Waals surface area contributed by atoms with Crippen LogP contribution in [0.3, 0.4) is 0 Å². The Morgan fingerprint density at radius 1 is 1.44 bits per heavy atom. The number of nitrogens with zero attached hydrogens (tertiary/aromatic N) is 2. The van der Waals surface area contributed by atoms with Crippen molar-refractivity contribution in [3.63, 3.8) is 0 Å². The van der Waals surface area contributed by atoms with Gasteiger partial charge in [0.15, 0.2) is 5.03 Å². The highest BCUT2D eigenvalue weighted by Crippen LogP contribution is 2.19. The highest BCUT2D eigenvalue weighted by atomic mass is 32.2. The van der Waals surface area contributed by atoms with E-state index in [0.29, 0.717) is 17.8 Å². The number of rotatable bonds is 2. The van der Waals surface area contributed by atoms with Gasteiger partial charge in [-0.2, -0.15) is 0 Å². The molecule has 0 bridgehead atoms. The average Bonchev–Trinajstić information content (AvgIpc) is 2.57. The molecule has 0 aliphatic rings. The van der Waals surface area contributed by atoms with E-state index in [2.05, 4.69) is 4.98 Å². The number of primary sulfonamides is 1. The van der Waals surface area contributed by atoms with Crippen LogP contribution in [0.2, 0.25) is 0 Å². The quantitative estimate of drug-likeness (QED) is 0.844. The predicted octanol–water partition coefficient (Wildman–Crippen LogP) is 0.853. The van der Waals surface area contributed by atoms with Gasteiger partial charge in [-0.1, -0.05) is 13.0 Å². The number of fused-ring (bicyclic) bond motifs is 1. The lowest BCUT2D eigenvalue weighted by Gasteiger charge is -2.02. The highest BCUT2D eigenvalue weighted by Gasteiger charge is 2.19. The molecule has 0 saturated carbocycles. The third-order valence-electron chi connectivity index (χ3n) is 2.48. The summed E-state index contributed by atoms with van der Waals surface area (Å²) in [5.74, 6) is 0.706. The van der Waals surface area contributed by atoms with Gasteiger partial charge in [0.2, 0.25) is 0 Å². The molecule has 0 atom stereocenters. The molecule has 0 spiro atoms. The fourth-order valence-corrected chi connectivity index (χ4v) is 2.48. The minimum Gasteiger partial charge on any atom is -0.300 e. The maximum absolute atomic E-state index is 11.4. The first-order valence-electron chi connectivity index (χ1n) is 4.95. The molecule has 86 valence electrons. The summed E-state index contributed by atoms with van der Waals surface area (Å²) in [7, 11) is -3.77. The van der Waals surface area contributed by atoms with Crippen molar-refractivity contribution in [1.82, 2.24) is 9.38 Å². The Morgan fingerprint density at radius 3 is 2.69 bits per heavy atom. The van der Waals surface area contributed by atoms with E-state index < -0.39 is 10.0 Å². The molecule has 5 nitrogen and oxygen atoms in total. The van der Waals surface area contributed by atoms with E-state index >= 15 is 0 Å². The number of hydrogen-bond acceptors (Lipinski definition) is 3. The lowest BCUT2D eigenvalue weighted by atomic mass is 10.3. The Labute approximate surface area is 94.0 Å². The maximum atomic E-state index is 11.4. The fraction of sp³-hybridized carbons (Fsp3) is 0.300. The summed E-state index contributed by atoms with van der Waals surface area (Å²) >= 11 is 0. The Balaban J connectivity index is 2.95. The summed E-state index contributed by atoms with van der Waals surface area (Å²) in [4.78, 5) is 4.09. The van der Waals surface area contributed by atoms with Gasteiger partial charge >= 0.3 is 0 Å². The summed E-state index contributed by atoms with van der Waals surface area (Å²) in [5.41, 5.74) is 1.48. The van der Waals surface area contributed by atoms with Crippen LogP contribution in [0.1, 0.15) is 18.4 Å². The smallest absolute Gasteiger partial charge is 0.257 e. The fourth-order valence-electron chi connectivity index (χ4n) is 1.80. The van der Waals surface area contributed by atoms with Gasteiger partial charge in [-0.25, -0.2) is 18.5 Å². The van der Waals surface area contributed by atoms with Crippen molar-refractivity contribution in [1.29, 1.82) is 0 Å². The van der Waals surface area contributed by atoms with Gasteiger partial charge in [0.05, 0.1) is 5.52 Å². The maximum Gasteiger partial charge on any atom is 0.257 e. The number of hydrogen-bond donors (Lipinski definition) is 1. The minimum absolute atomic E-state index is 0.0481. The molecule has 0 unspecified atom stereocenters. The molecular formula is C10H13N3O2S. The third-order valence-corrected chi connectivity index (χ3v) is 3.32. The van der Waals surface area contributed by atoms with E-state index in [9.17, 15) is 8.42 Å². The zero-order valence-corrected chi connectivity index (χ0v) is 9.95. The van der Waals surface area contributed by atoms with Gasteiger partial charge in [0.1, 0.15) is 5.82 Å². The van der Waals surface area contributed by atoms with E-state index in [-0.39, 0.29) is 5.03 Å². The molecule has 6 heteroatoms. The summed E-state index contributed by atoms with van der Waals surface area (Å²) in [5, 5.41) is 5.09. The molecule has 0 aliphatic carbocycles. The number of aromatic nitrogens is 2. The van der Waals surface area contributed by atoms with E-state index in [4.69, 9.17) is 5.14 Å². The number of nitrogens with two attached hydrogens (primary N) is 1. The Bertz CT molecular complexity index is 643. The first-order chi connectivity index (χ1) is 7.45. The van der Waals surface area contributed by atoms with Crippen LogP contribution < -0.4 is 5.14 Å². The van der Waals surface area contributed by atoms with Crippen molar-refractivity contribution < 1.29 is 8.42 Å². The number of imidazole rings is 1. The molecule has 16 heavy (non-hydrogen) atoms. The largest absolute Gasteiger partial charge is 0.300 e. The number of aryl methyl sites for hydroxylation is 2. The van der Waals surface area contributed by atoms with E-state index in [1.54, 1.807) is 12.1 Å². The van der Waals surface area contributed by atoms with Crippen LogP contribution in [0, 0.1) is 6.92 Å². The zero-order valence-electron chi connectivity index (χ0n) is 9.14. The van der Waals surface area contributed by atoms with Gasteiger partial charge in [-0.3, -0.25) is 4.40 Å². The van der Waals surface area contributed by atoms with Gasteiger partial charge < -0.3 is 0 Å². The Kier molecular flexibility index (Phi) is 2.47. The molecule has 0 aromatic carbocycles. The SMILES string of the molecule is CCc1nc(S(N)(=O)=O)c2cccc(C)n12. The van der Waals surface area contributed by atoms with Crippen molar-refractivity contribution in [2.24, 2.45) is 5.14 Å². The van der Waals surface area contributed by atoms with Crippen LogP contribution in [0.25, 0.3) is 5.52 Å². The monoisotopic (exact) mass is 239 g/mol. The molecular weight excluding hydrogens is 226 g/mol. The summed E-state index contributed by atoms with van der Waals surface area (Å²) in [6.07, 6.45) is 0.654. The van der Waals surface area contributed by atoms with Crippen LogP contribution in [-0.2, 0) is 16.4 Å². The number of pyridine rings is 1. The van der Waals surface area contributed by atoms with Crippen molar-refractivity contribution in [2.45, 2.75) is 25.3 Å². The van der Waals surface area contributed by atoms with Crippen molar-refractivity contribution in [3.05, 3.63) is 29.7 Å². The lowest BCUT2D eigenvalue weighted by molar-refractivity contribution is 0.595. The van der Waals surface area contributed by atoms with E-state index in [1.165, 1.54) is 0 Å². The topological polar surface area (TPSA) is 77.5 Å². The van der Waals surface area contributed by atoms with Crippen LogP contribution in [0.15, 0.2) is 23.2 Å². The van der Waals surface area contributed by atoms with Crippen molar-refractivity contribution >= 4 is 15.5 Å². The average molecular weight is 239 g/mol. The Hall–Kier alpha value is -1.40. The molecule has 2 rings (SSSR count). The minimum atomic E-state index is -3.77. The first-order valence-corrected chi connectivity index (χ1v) is 6.49. The van der Waals surface area contributed by atoms with Gasteiger partial charge in [0, 0.05) is 12.1 Å². The molecule has 2 aromatic rings. The van der Waals surface area contributed by atoms with Gasteiger partial charge in [-0.15, -0.1) is 0 Å². The highest BCUT2D eigenvalue weighted by molar-refractivity contribution is 7.89. The number of sulfonamides is 1. The standard InChI is InChI=1S/C10H13N3O2S/c1-3-9-12-10(16(11,14)15)8-6-4-5-7(2)13(8)9/h4-6H,3H2,1-2H3,(H2,11,14,15). The van der Waals surface area contributed by atoms with Crippen LogP contribution in [0.5, 0.6) is 0 Å². The molecule has 2 aromatic heterocycles. The van der Waals surface area contributed by atoms with Crippen LogP contribution in [0.4, 0.5) is 0 Å². The Morgan fingerprint density at radius 2 is 2.12 bits per heavy atom. The van der Waals surface area contributed by atoms with Crippen molar-refractivity contribution in [2.75, 3.05) is 0 Å². The van der Waals surface area contributed by atoms with E-state index in [0.717, 1.165) is 5.69 Å². The van der Waals surface area contributed by atoms with Crippen LogP contribution in [-0.4, -0.2) is 17.8 Å². The third kappa shape index (κ3) is 1.60. The zero-order chi connectivity index (χ0) is 11.9.